The lowest BCUT2D eigenvalue weighted by molar-refractivity contribution is 0.0825. The lowest BCUT2D eigenvalue weighted by Crippen LogP contribution is -2.49. The van der Waals surface area contributed by atoms with E-state index < -0.39 is 34.0 Å². The molecule has 46 heavy (non-hydrogen) atoms. The van der Waals surface area contributed by atoms with Gasteiger partial charge in [0.15, 0.2) is 0 Å². The van der Waals surface area contributed by atoms with Crippen LogP contribution in [0.3, 0.4) is 0 Å². The minimum Gasteiger partial charge on any atom is -0.390 e. The van der Waals surface area contributed by atoms with E-state index in [1.807, 2.05) is 93.6 Å². The minimum absolute atomic E-state index is 0.0336. The van der Waals surface area contributed by atoms with Gasteiger partial charge >= 0.3 is 0 Å². The fourth-order valence-electron chi connectivity index (χ4n) is 4.94. The summed E-state index contributed by atoms with van der Waals surface area (Å²) >= 11 is 1.57. The number of anilines is 1. The summed E-state index contributed by atoms with van der Waals surface area (Å²) in [5, 5.41) is 20.6. The second-order valence-electron chi connectivity index (χ2n) is 11.3. The number of amides is 2. The third-order valence-electron chi connectivity index (χ3n) is 7.66. The first-order chi connectivity index (χ1) is 21.9. The second kappa shape index (κ2) is 16.0. The zero-order chi connectivity index (χ0) is 33.3. The normalized spacial score (nSPS) is 14.1. The highest BCUT2D eigenvalue weighted by molar-refractivity contribution is 7.92. The lowest BCUT2D eigenvalue weighted by Gasteiger charge is -2.26. The Kier molecular flexibility index (Phi) is 12.1. The molecule has 4 atom stereocenters. The monoisotopic (exact) mass is 662 g/mol. The van der Waals surface area contributed by atoms with Crippen molar-refractivity contribution in [2.75, 3.05) is 17.0 Å². The molecule has 4 rings (SSSR count). The van der Waals surface area contributed by atoms with Crippen LogP contribution in [0.2, 0.25) is 0 Å². The molecule has 11 heteroatoms. The third kappa shape index (κ3) is 9.98. The molecule has 0 radical (unpaired) electrons. The number of hydrogen-bond acceptors (Lipinski definition) is 7. The summed E-state index contributed by atoms with van der Waals surface area (Å²) < 4.78 is 27.4. The summed E-state index contributed by atoms with van der Waals surface area (Å²) in [5.41, 5.74) is 2.29. The molecule has 1 aromatic heterocycles. The van der Waals surface area contributed by atoms with Gasteiger partial charge in [-0.3, -0.25) is 14.3 Å². The van der Waals surface area contributed by atoms with Crippen LogP contribution in [0.5, 0.6) is 0 Å². The molecule has 1 unspecified atom stereocenters. The number of hydrogen-bond donors (Lipinski definition) is 5. The number of thiophene rings is 1. The summed E-state index contributed by atoms with van der Waals surface area (Å²) in [6.07, 6.45) is -0.613. The highest BCUT2D eigenvalue weighted by atomic mass is 32.2. The summed E-state index contributed by atoms with van der Waals surface area (Å²) in [6, 6.07) is 26.5. The number of nitrogens with one attached hydrogen (secondary N) is 4. The predicted molar refractivity (Wildman–Crippen MR) is 185 cm³/mol. The van der Waals surface area contributed by atoms with Gasteiger partial charge in [-0.2, -0.15) is 0 Å². The van der Waals surface area contributed by atoms with Crippen LogP contribution >= 0.6 is 11.3 Å². The van der Waals surface area contributed by atoms with Crippen molar-refractivity contribution in [2.24, 2.45) is 0 Å². The van der Waals surface area contributed by atoms with Gasteiger partial charge in [0.25, 0.3) is 11.8 Å². The summed E-state index contributed by atoms with van der Waals surface area (Å²) in [5.74, 6) is -1.19. The second-order valence-corrected chi connectivity index (χ2v) is 14.7. The van der Waals surface area contributed by atoms with Crippen molar-refractivity contribution < 1.29 is 23.1 Å². The van der Waals surface area contributed by atoms with Crippen molar-refractivity contribution in [3.63, 3.8) is 0 Å². The Hall–Kier alpha value is -4.03. The van der Waals surface area contributed by atoms with E-state index in [4.69, 9.17) is 0 Å². The molecular weight excluding hydrogens is 621 g/mol. The smallest absolute Gasteiger partial charge is 0.251 e. The number of rotatable bonds is 15. The van der Waals surface area contributed by atoms with Gasteiger partial charge in [-0.05, 0) is 75.6 Å². The van der Waals surface area contributed by atoms with Crippen LogP contribution in [0.15, 0.2) is 91.0 Å². The first-order valence-electron chi connectivity index (χ1n) is 15.3. The lowest BCUT2D eigenvalue weighted by atomic mass is 9.99. The molecule has 0 spiro atoms. The first kappa shape index (κ1) is 34.8. The zero-order valence-corrected chi connectivity index (χ0v) is 28.1. The van der Waals surface area contributed by atoms with E-state index in [0.717, 1.165) is 20.9 Å². The van der Waals surface area contributed by atoms with Gasteiger partial charge in [-0.15, -0.1) is 11.3 Å². The van der Waals surface area contributed by atoms with Crippen LogP contribution in [0.4, 0.5) is 5.69 Å². The quantitative estimate of drug-likeness (QED) is 0.116. The van der Waals surface area contributed by atoms with Crippen molar-refractivity contribution in [2.45, 2.75) is 58.3 Å². The standard InChI is InChI=1S/C35H42N4O5S2/c1-5-46(43,44)39-30-20-28(34(41)37-25(4)33-17-16-23(2)45-33)19-29(21-30)35(42)38-31(18-26-12-8-6-9-13-26)32(40)22-36-24(3)27-14-10-7-11-15-27/h6-17,19-21,24-25,31-32,36,39-40H,5,18,22H2,1-4H3,(H,37,41)(H,38,42)/t24-,25?,31-,32+/m0/s1. The van der Waals surface area contributed by atoms with Gasteiger partial charge < -0.3 is 21.1 Å². The van der Waals surface area contributed by atoms with Crippen molar-refractivity contribution in [3.05, 3.63) is 123 Å². The average Bonchev–Trinajstić information content (AvgIpc) is 3.50. The Bertz CT molecular complexity index is 1710. The van der Waals surface area contributed by atoms with E-state index in [-0.39, 0.29) is 41.2 Å². The molecule has 2 amide bonds. The van der Waals surface area contributed by atoms with Gasteiger partial charge in [0, 0.05) is 33.5 Å². The van der Waals surface area contributed by atoms with Gasteiger partial charge in [0.2, 0.25) is 10.0 Å². The van der Waals surface area contributed by atoms with Crippen molar-refractivity contribution in [1.82, 2.24) is 16.0 Å². The van der Waals surface area contributed by atoms with Gasteiger partial charge in [0.1, 0.15) is 0 Å². The molecule has 4 aromatic rings. The highest BCUT2D eigenvalue weighted by Crippen LogP contribution is 2.24. The Morgan fingerprint density at radius 2 is 1.43 bits per heavy atom. The highest BCUT2D eigenvalue weighted by Gasteiger charge is 2.25. The number of aliphatic hydroxyl groups is 1. The maximum Gasteiger partial charge on any atom is 0.251 e. The molecule has 9 nitrogen and oxygen atoms in total. The average molecular weight is 663 g/mol. The Labute approximate surface area is 275 Å². The molecule has 0 aliphatic heterocycles. The summed E-state index contributed by atoms with van der Waals surface area (Å²) in [6.45, 7) is 7.56. The molecule has 0 fully saturated rings. The Balaban J connectivity index is 1.58. The maximum atomic E-state index is 13.8. The molecule has 244 valence electrons. The van der Waals surface area contributed by atoms with Crippen LogP contribution in [-0.2, 0) is 16.4 Å². The van der Waals surface area contributed by atoms with Crippen LogP contribution in [-0.4, -0.2) is 49.8 Å². The molecular formula is C35H42N4O5S2. The van der Waals surface area contributed by atoms with Gasteiger partial charge in [-0.1, -0.05) is 60.7 Å². The Morgan fingerprint density at radius 3 is 2.02 bits per heavy atom. The number of carbonyl (C=O) groups excluding carboxylic acids is 2. The number of carbonyl (C=O) groups is 2. The fraction of sp³-hybridized carbons (Fsp3) is 0.314. The first-order valence-corrected chi connectivity index (χ1v) is 17.7. The fourth-order valence-corrected chi connectivity index (χ4v) is 6.44. The van der Waals surface area contributed by atoms with E-state index in [1.165, 1.54) is 25.1 Å². The summed E-state index contributed by atoms with van der Waals surface area (Å²) in [7, 11) is -3.70. The SMILES string of the molecule is CCS(=O)(=O)Nc1cc(C(=O)NC(C)c2ccc(C)s2)cc(C(=O)N[C@@H](Cc2ccccc2)[C@H](O)CN[C@@H](C)c2ccccc2)c1. The molecule has 1 heterocycles. The van der Waals surface area contributed by atoms with Crippen LogP contribution in [0.1, 0.15) is 74.5 Å². The maximum absolute atomic E-state index is 13.8. The predicted octanol–water partition coefficient (Wildman–Crippen LogP) is 5.36. The zero-order valence-electron chi connectivity index (χ0n) is 26.5. The van der Waals surface area contributed by atoms with Crippen molar-refractivity contribution >= 4 is 38.9 Å². The number of sulfonamides is 1. The molecule has 0 aliphatic rings. The van der Waals surface area contributed by atoms with E-state index in [2.05, 4.69) is 20.7 Å². The molecule has 0 aliphatic carbocycles. The number of aliphatic hydroxyl groups excluding tert-OH is 1. The summed E-state index contributed by atoms with van der Waals surface area (Å²) in [4.78, 5) is 29.2. The van der Waals surface area contributed by atoms with E-state index in [1.54, 1.807) is 11.3 Å². The molecule has 0 saturated heterocycles. The minimum atomic E-state index is -3.70. The van der Waals surface area contributed by atoms with Crippen LogP contribution in [0, 0.1) is 6.92 Å². The van der Waals surface area contributed by atoms with Crippen molar-refractivity contribution in [3.8, 4) is 0 Å². The van der Waals surface area contributed by atoms with Crippen molar-refractivity contribution in [1.29, 1.82) is 0 Å². The van der Waals surface area contributed by atoms with E-state index in [9.17, 15) is 23.1 Å². The van der Waals surface area contributed by atoms with Crippen LogP contribution < -0.4 is 20.7 Å². The number of aryl methyl sites for hydroxylation is 1. The van der Waals surface area contributed by atoms with Crippen LogP contribution in [0.25, 0.3) is 0 Å². The molecule has 0 bridgehead atoms. The van der Waals surface area contributed by atoms with Gasteiger partial charge in [0.05, 0.1) is 29.6 Å². The molecule has 5 N–H and O–H groups in total. The molecule has 0 saturated carbocycles. The Morgan fingerprint density at radius 1 is 0.826 bits per heavy atom. The van der Waals surface area contributed by atoms with E-state index in [0.29, 0.717) is 6.42 Å². The van der Waals surface area contributed by atoms with E-state index >= 15 is 0 Å². The number of benzene rings is 3. The topological polar surface area (TPSA) is 137 Å². The largest absolute Gasteiger partial charge is 0.390 e. The molecule has 3 aromatic carbocycles. The third-order valence-corrected chi connectivity index (χ3v) is 10.1. The van der Waals surface area contributed by atoms with Gasteiger partial charge in [-0.25, -0.2) is 8.42 Å².